The fourth-order valence-electron chi connectivity index (χ4n) is 2.99. The van der Waals surface area contributed by atoms with Crippen LogP contribution in [0.1, 0.15) is 37.4 Å². The van der Waals surface area contributed by atoms with Crippen LogP contribution in [0.2, 0.25) is 0 Å². The van der Waals surface area contributed by atoms with Crippen molar-refractivity contribution < 1.29 is 5.11 Å². The summed E-state index contributed by atoms with van der Waals surface area (Å²) in [7, 11) is 0. The van der Waals surface area contributed by atoms with E-state index in [1.165, 1.54) is 25.7 Å². The van der Waals surface area contributed by atoms with Gasteiger partial charge in [-0.3, -0.25) is 0 Å². The number of hydrogen-bond acceptors (Lipinski definition) is 2. The minimum absolute atomic E-state index is 0.406. The van der Waals surface area contributed by atoms with Crippen molar-refractivity contribution in [1.29, 1.82) is 0 Å². The van der Waals surface area contributed by atoms with Gasteiger partial charge in [0.15, 0.2) is 0 Å². The Kier molecular flexibility index (Phi) is 4.25. The Hall–Kier alpha value is -0.380. The van der Waals surface area contributed by atoms with Gasteiger partial charge in [-0.1, -0.05) is 28.1 Å². The Morgan fingerprint density at radius 2 is 1.84 bits per heavy atom. The van der Waals surface area contributed by atoms with Crippen LogP contribution in [-0.2, 0) is 0 Å². The van der Waals surface area contributed by atoms with Gasteiger partial charge in [0, 0.05) is 11.0 Å². The van der Waals surface area contributed by atoms with Crippen LogP contribution in [0.15, 0.2) is 28.7 Å². The van der Waals surface area contributed by atoms with E-state index in [1.54, 1.807) is 0 Å². The van der Waals surface area contributed by atoms with Crippen molar-refractivity contribution in [3.8, 4) is 0 Å². The Balaban J connectivity index is 1.46. The third kappa shape index (κ3) is 3.80. The summed E-state index contributed by atoms with van der Waals surface area (Å²) in [5.41, 5.74) is 0.983. The average Bonchev–Trinajstić information content (AvgIpc) is 3.28. The predicted octanol–water partition coefficient (Wildman–Crippen LogP) is 3.51. The van der Waals surface area contributed by atoms with Crippen LogP contribution in [0.25, 0.3) is 0 Å². The molecule has 1 unspecified atom stereocenters. The number of halogens is 1. The molecule has 0 spiro atoms. The van der Waals surface area contributed by atoms with Crippen molar-refractivity contribution in [3.05, 3.63) is 34.3 Å². The van der Waals surface area contributed by atoms with Crippen LogP contribution >= 0.6 is 15.9 Å². The van der Waals surface area contributed by atoms with Crippen molar-refractivity contribution in [2.24, 2.45) is 17.8 Å². The highest BCUT2D eigenvalue weighted by molar-refractivity contribution is 9.10. The molecule has 0 aliphatic heterocycles. The van der Waals surface area contributed by atoms with E-state index in [4.69, 9.17) is 0 Å². The topological polar surface area (TPSA) is 32.3 Å². The molecule has 1 aromatic rings. The molecular formula is C16H22BrNO. The van der Waals surface area contributed by atoms with E-state index in [-0.39, 0.29) is 0 Å². The fraction of sp³-hybridized carbons (Fsp3) is 0.625. The molecule has 2 N–H and O–H groups in total. The molecule has 0 radical (unpaired) electrons. The Bertz CT molecular complexity index is 417. The number of aliphatic hydroxyl groups is 1. The molecule has 0 heterocycles. The highest BCUT2D eigenvalue weighted by Gasteiger charge is 2.40. The maximum Gasteiger partial charge on any atom is 0.0914 e. The lowest BCUT2D eigenvalue weighted by Gasteiger charge is -2.18. The van der Waals surface area contributed by atoms with Crippen molar-refractivity contribution >= 4 is 15.9 Å². The fourth-order valence-corrected chi connectivity index (χ4v) is 3.40. The van der Waals surface area contributed by atoms with Crippen molar-refractivity contribution in [2.45, 2.75) is 31.8 Å². The largest absolute Gasteiger partial charge is 0.387 e. The Morgan fingerprint density at radius 3 is 2.42 bits per heavy atom. The number of benzene rings is 1. The molecule has 3 heteroatoms. The van der Waals surface area contributed by atoms with Gasteiger partial charge < -0.3 is 10.4 Å². The van der Waals surface area contributed by atoms with Crippen LogP contribution in [0.3, 0.4) is 0 Å². The third-order valence-electron chi connectivity index (χ3n) is 4.41. The van der Waals surface area contributed by atoms with Gasteiger partial charge in [-0.05, 0) is 67.7 Å². The summed E-state index contributed by atoms with van der Waals surface area (Å²) in [4.78, 5) is 0. The molecule has 0 amide bonds. The normalized spacial score (nSPS) is 20.8. The van der Waals surface area contributed by atoms with Gasteiger partial charge in [0.2, 0.25) is 0 Å². The second-order valence-electron chi connectivity index (χ2n) is 6.07. The number of rotatable bonds is 7. The van der Waals surface area contributed by atoms with E-state index in [9.17, 15) is 5.11 Å². The first-order chi connectivity index (χ1) is 9.24. The third-order valence-corrected chi connectivity index (χ3v) is 4.90. The highest BCUT2D eigenvalue weighted by atomic mass is 79.9. The summed E-state index contributed by atoms with van der Waals surface area (Å²) in [6.45, 7) is 1.74. The molecule has 1 aromatic carbocycles. The van der Waals surface area contributed by atoms with E-state index in [0.29, 0.717) is 6.54 Å². The van der Waals surface area contributed by atoms with Gasteiger partial charge >= 0.3 is 0 Å². The molecule has 19 heavy (non-hydrogen) atoms. The summed E-state index contributed by atoms with van der Waals surface area (Å²) in [5.74, 6) is 2.82. The van der Waals surface area contributed by atoms with E-state index >= 15 is 0 Å². The summed E-state index contributed by atoms with van der Waals surface area (Å²) in [6, 6.07) is 7.93. The van der Waals surface area contributed by atoms with Crippen LogP contribution < -0.4 is 5.32 Å². The lowest BCUT2D eigenvalue weighted by molar-refractivity contribution is 0.171. The maximum atomic E-state index is 10.2. The molecule has 0 saturated heterocycles. The van der Waals surface area contributed by atoms with E-state index < -0.39 is 6.10 Å². The maximum absolute atomic E-state index is 10.2. The SMILES string of the molecule is OC(CNCC(C1CC1)C1CC1)c1cccc(Br)c1. The number of nitrogens with one attached hydrogen (secondary N) is 1. The molecule has 104 valence electrons. The molecule has 0 bridgehead atoms. The molecule has 2 fully saturated rings. The van der Waals surface area contributed by atoms with Gasteiger partial charge in [-0.15, -0.1) is 0 Å². The van der Waals surface area contributed by atoms with E-state index in [1.807, 2.05) is 24.3 Å². The molecule has 0 aromatic heterocycles. The second kappa shape index (κ2) is 5.94. The summed E-state index contributed by atoms with van der Waals surface area (Å²) in [6.07, 6.45) is 5.30. The molecule has 2 nitrogen and oxygen atoms in total. The first-order valence-corrected chi connectivity index (χ1v) is 8.17. The average molecular weight is 324 g/mol. The Labute approximate surface area is 123 Å². The van der Waals surface area contributed by atoms with Gasteiger partial charge in [-0.25, -0.2) is 0 Å². The van der Waals surface area contributed by atoms with Crippen LogP contribution in [0, 0.1) is 17.8 Å². The lowest BCUT2D eigenvalue weighted by atomic mass is 9.98. The Morgan fingerprint density at radius 1 is 1.16 bits per heavy atom. The highest BCUT2D eigenvalue weighted by Crippen LogP contribution is 2.48. The molecular weight excluding hydrogens is 302 g/mol. The smallest absolute Gasteiger partial charge is 0.0914 e. The van der Waals surface area contributed by atoms with Gasteiger partial charge in [0.25, 0.3) is 0 Å². The minimum atomic E-state index is -0.406. The lowest BCUT2D eigenvalue weighted by Crippen LogP contribution is -2.29. The quantitative estimate of drug-likeness (QED) is 0.804. The van der Waals surface area contributed by atoms with Crippen LogP contribution in [-0.4, -0.2) is 18.2 Å². The van der Waals surface area contributed by atoms with Gasteiger partial charge in [0.1, 0.15) is 0 Å². The zero-order chi connectivity index (χ0) is 13.2. The second-order valence-corrected chi connectivity index (χ2v) is 6.98. The van der Waals surface area contributed by atoms with E-state index in [0.717, 1.165) is 34.3 Å². The number of aliphatic hydroxyl groups excluding tert-OH is 1. The minimum Gasteiger partial charge on any atom is -0.387 e. The van der Waals surface area contributed by atoms with Crippen LogP contribution in [0.5, 0.6) is 0 Å². The zero-order valence-corrected chi connectivity index (χ0v) is 12.8. The van der Waals surface area contributed by atoms with Crippen LogP contribution in [0.4, 0.5) is 0 Å². The molecule has 1 atom stereocenters. The summed E-state index contributed by atoms with van der Waals surface area (Å²) in [5, 5.41) is 13.7. The number of hydrogen-bond donors (Lipinski definition) is 2. The van der Waals surface area contributed by atoms with Gasteiger partial charge in [0.05, 0.1) is 6.10 Å². The first kappa shape index (κ1) is 13.6. The molecule has 2 aliphatic rings. The van der Waals surface area contributed by atoms with Crippen molar-refractivity contribution in [3.63, 3.8) is 0 Å². The molecule has 2 aliphatic carbocycles. The molecule has 3 rings (SSSR count). The van der Waals surface area contributed by atoms with Gasteiger partial charge in [-0.2, -0.15) is 0 Å². The van der Waals surface area contributed by atoms with Crippen molar-refractivity contribution in [1.82, 2.24) is 5.32 Å². The van der Waals surface area contributed by atoms with Crippen molar-refractivity contribution in [2.75, 3.05) is 13.1 Å². The van der Waals surface area contributed by atoms with E-state index in [2.05, 4.69) is 21.2 Å². The monoisotopic (exact) mass is 323 g/mol. The predicted molar refractivity (Wildman–Crippen MR) is 80.9 cm³/mol. The summed E-state index contributed by atoms with van der Waals surface area (Å²) >= 11 is 3.44. The standard InChI is InChI=1S/C16H22BrNO/c17-14-3-1-2-13(8-14)16(19)10-18-9-15(11-4-5-11)12-6-7-12/h1-3,8,11-12,15-16,18-19H,4-7,9-10H2. The molecule has 2 saturated carbocycles. The zero-order valence-electron chi connectivity index (χ0n) is 11.2. The summed E-state index contributed by atoms with van der Waals surface area (Å²) < 4.78 is 1.03. The first-order valence-electron chi connectivity index (χ1n) is 7.38.